The summed E-state index contributed by atoms with van der Waals surface area (Å²) in [4.78, 5) is 26.1. The predicted octanol–water partition coefficient (Wildman–Crippen LogP) is 3.18. The molecule has 0 spiro atoms. The average Bonchev–Trinajstić information content (AvgIpc) is 3.12. The highest BCUT2D eigenvalue weighted by Gasteiger charge is 2.30. The van der Waals surface area contributed by atoms with Crippen LogP contribution in [-0.4, -0.2) is 24.5 Å². The highest BCUT2D eigenvalue weighted by atomic mass is 79.9. The van der Waals surface area contributed by atoms with E-state index < -0.39 is 12.1 Å². The van der Waals surface area contributed by atoms with E-state index in [-0.39, 0.29) is 11.7 Å². The smallest absolute Gasteiger partial charge is 0.375 e. The number of carbonyl (C=O) groups excluding carboxylic acids is 2. The minimum atomic E-state index is -0.873. The Morgan fingerprint density at radius 3 is 2.77 bits per heavy atom. The van der Waals surface area contributed by atoms with Gasteiger partial charge in [-0.3, -0.25) is 4.79 Å². The highest BCUT2D eigenvalue weighted by molar-refractivity contribution is 9.10. The molecule has 2 heterocycles. The van der Waals surface area contributed by atoms with E-state index in [9.17, 15) is 9.59 Å². The molecule has 1 amide bonds. The molecule has 0 unspecified atom stereocenters. The first-order valence-corrected chi connectivity index (χ1v) is 7.71. The molecule has 0 bridgehead atoms. The number of para-hydroxylation sites is 1. The van der Waals surface area contributed by atoms with Gasteiger partial charge in [-0.25, -0.2) is 4.79 Å². The van der Waals surface area contributed by atoms with Gasteiger partial charge in [0.2, 0.25) is 5.76 Å². The summed E-state index contributed by atoms with van der Waals surface area (Å²) in [6.07, 6.45) is -0.0595. The van der Waals surface area contributed by atoms with Crippen LogP contribution in [0.3, 0.4) is 0 Å². The number of furan rings is 1. The molecule has 0 fully saturated rings. The molecule has 3 rings (SSSR count). The third kappa shape index (κ3) is 2.78. The summed E-state index contributed by atoms with van der Waals surface area (Å²) in [5.74, 6) is -0.823. The Hall–Kier alpha value is -2.08. The molecule has 0 aliphatic carbocycles. The molecule has 1 aliphatic rings. The van der Waals surface area contributed by atoms with Crippen LogP contribution in [0.4, 0.5) is 5.69 Å². The maximum Gasteiger partial charge on any atom is 0.375 e. The first-order chi connectivity index (χ1) is 10.6. The summed E-state index contributed by atoms with van der Waals surface area (Å²) in [6, 6.07) is 10.8. The molecule has 6 heteroatoms. The van der Waals surface area contributed by atoms with E-state index in [1.807, 2.05) is 24.3 Å². The number of anilines is 1. The lowest BCUT2D eigenvalue weighted by atomic mass is 10.2. The first kappa shape index (κ1) is 14.8. The number of fused-ring (bicyclic) bond motifs is 1. The zero-order chi connectivity index (χ0) is 15.7. The number of esters is 1. The van der Waals surface area contributed by atoms with Crippen LogP contribution >= 0.6 is 15.9 Å². The maximum absolute atomic E-state index is 12.5. The van der Waals surface area contributed by atoms with Crippen LogP contribution in [0.2, 0.25) is 0 Å². The molecule has 1 atom stereocenters. The lowest BCUT2D eigenvalue weighted by Gasteiger charge is -2.21. The summed E-state index contributed by atoms with van der Waals surface area (Å²) < 4.78 is 10.8. The van der Waals surface area contributed by atoms with Gasteiger partial charge in [-0.05, 0) is 53.0 Å². The van der Waals surface area contributed by atoms with Crippen molar-refractivity contribution in [1.29, 1.82) is 0 Å². The zero-order valence-electron chi connectivity index (χ0n) is 11.9. The summed E-state index contributed by atoms with van der Waals surface area (Å²) in [6.45, 7) is 2.17. The monoisotopic (exact) mass is 363 g/mol. The van der Waals surface area contributed by atoms with Gasteiger partial charge in [0.05, 0.1) is 0 Å². The third-order valence-electron chi connectivity index (χ3n) is 3.56. The molecule has 5 nitrogen and oxygen atoms in total. The molecule has 1 aliphatic heterocycles. The Balaban J connectivity index is 1.69. The fraction of sp³-hybridized carbons (Fsp3) is 0.250. The number of nitrogens with zero attached hydrogens (tertiary/aromatic N) is 1. The fourth-order valence-corrected chi connectivity index (χ4v) is 2.79. The Bertz CT molecular complexity index is 724. The SMILES string of the molecule is C[C@@H](OC(=O)c1ccc(Br)o1)C(=O)N1CCc2ccccc21. The molecule has 0 saturated heterocycles. The normalized spacial score (nSPS) is 14.5. The van der Waals surface area contributed by atoms with Gasteiger partial charge in [0.25, 0.3) is 5.91 Å². The zero-order valence-corrected chi connectivity index (χ0v) is 13.5. The molecule has 1 aromatic heterocycles. The molecule has 1 aromatic carbocycles. The van der Waals surface area contributed by atoms with E-state index in [1.165, 1.54) is 6.07 Å². The quantitative estimate of drug-likeness (QED) is 0.785. The Morgan fingerprint density at radius 1 is 1.27 bits per heavy atom. The van der Waals surface area contributed by atoms with Crippen LogP contribution in [-0.2, 0) is 16.0 Å². The summed E-state index contributed by atoms with van der Waals surface area (Å²) in [7, 11) is 0. The molecular formula is C16H14BrNO4. The van der Waals surface area contributed by atoms with Gasteiger partial charge in [-0.15, -0.1) is 0 Å². The molecular weight excluding hydrogens is 350 g/mol. The van der Waals surface area contributed by atoms with Crippen LogP contribution in [0.25, 0.3) is 0 Å². The van der Waals surface area contributed by atoms with Gasteiger partial charge < -0.3 is 14.1 Å². The van der Waals surface area contributed by atoms with Crippen LogP contribution in [0.1, 0.15) is 23.0 Å². The molecule has 22 heavy (non-hydrogen) atoms. The molecule has 0 N–H and O–H groups in total. The van der Waals surface area contributed by atoms with Crippen molar-refractivity contribution in [1.82, 2.24) is 0 Å². The average molecular weight is 364 g/mol. The molecule has 2 aromatic rings. The Labute approximate surface area is 136 Å². The van der Waals surface area contributed by atoms with Crippen molar-refractivity contribution in [3.63, 3.8) is 0 Å². The lowest BCUT2D eigenvalue weighted by Crippen LogP contribution is -2.39. The van der Waals surface area contributed by atoms with Crippen LogP contribution in [0.15, 0.2) is 45.5 Å². The number of halogens is 1. The molecule has 0 radical (unpaired) electrons. The number of hydrogen-bond donors (Lipinski definition) is 0. The van der Waals surface area contributed by atoms with Crippen LogP contribution in [0.5, 0.6) is 0 Å². The summed E-state index contributed by atoms with van der Waals surface area (Å²) >= 11 is 3.12. The first-order valence-electron chi connectivity index (χ1n) is 6.92. The van der Waals surface area contributed by atoms with Crippen molar-refractivity contribution in [3.8, 4) is 0 Å². The van der Waals surface area contributed by atoms with Gasteiger partial charge in [0, 0.05) is 12.2 Å². The van der Waals surface area contributed by atoms with Crippen molar-refractivity contribution in [2.75, 3.05) is 11.4 Å². The minimum absolute atomic E-state index is 0.0633. The number of hydrogen-bond acceptors (Lipinski definition) is 4. The van der Waals surface area contributed by atoms with Gasteiger partial charge in [0.15, 0.2) is 10.8 Å². The molecule has 0 saturated carbocycles. The fourth-order valence-electron chi connectivity index (χ4n) is 2.48. The number of ether oxygens (including phenoxy) is 1. The lowest BCUT2D eigenvalue weighted by molar-refractivity contribution is -0.126. The van der Waals surface area contributed by atoms with Gasteiger partial charge >= 0.3 is 5.97 Å². The van der Waals surface area contributed by atoms with E-state index in [0.29, 0.717) is 11.2 Å². The second kappa shape index (κ2) is 5.96. The maximum atomic E-state index is 12.5. The Kier molecular flexibility index (Phi) is 4.02. The topological polar surface area (TPSA) is 59.8 Å². The minimum Gasteiger partial charge on any atom is -0.447 e. The Morgan fingerprint density at radius 2 is 2.05 bits per heavy atom. The second-order valence-corrected chi connectivity index (χ2v) is 5.80. The second-order valence-electron chi connectivity index (χ2n) is 5.02. The van der Waals surface area contributed by atoms with E-state index in [2.05, 4.69) is 15.9 Å². The van der Waals surface area contributed by atoms with Gasteiger partial charge in [-0.1, -0.05) is 18.2 Å². The number of rotatable bonds is 3. The van der Waals surface area contributed by atoms with Gasteiger partial charge in [0.1, 0.15) is 0 Å². The van der Waals surface area contributed by atoms with Crippen molar-refractivity contribution in [2.24, 2.45) is 0 Å². The van der Waals surface area contributed by atoms with Crippen molar-refractivity contribution < 1.29 is 18.7 Å². The number of benzene rings is 1. The van der Waals surface area contributed by atoms with E-state index in [0.717, 1.165) is 17.7 Å². The predicted molar refractivity (Wildman–Crippen MR) is 83.8 cm³/mol. The largest absolute Gasteiger partial charge is 0.447 e. The molecule has 114 valence electrons. The standard InChI is InChI=1S/C16H14BrNO4/c1-10(21-16(20)13-6-7-14(17)22-13)15(19)18-9-8-11-4-2-3-5-12(11)18/h2-7,10H,8-9H2,1H3/t10-/m1/s1. The summed E-state index contributed by atoms with van der Waals surface area (Å²) in [5, 5.41) is 0. The number of carbonyl (C=O) groups is 2. The third-order valence-corrected chi connectivity index (χ3v) is 3.99. The van der Waals surface area contributed by atoms with Crippen LogP contribution < -0.4 is 4.90 Å². The van der Waals surface area contributed by atoms with E-state index in [1.54, 1.807) is 17.9 Å². The number of amides is 1. The van der Waals surface area contributed by atoms with Crippen molar-refractivity contribution in [2.45, 2.75) is 19.4 Å². The summed E-state index contributed by atoms with van der Waals surface area (Å²) in [5.41, 5.74) is 2.01. The van der Waals surface area contributed by atoms with Crippen LogP contribution in [0, 0.1) is 0 Å². The van der Waals surface area contributed by atoms with Crippen molar-refractivity contribution >= 4 is 33.5 Å². The van der Waals surface area contributed by atoms with Gasteiger partial charge in [-0.2, -0.15) is 0 Å². The van der Waals surface area contributed by atoms with E-state index >= 15 is 0 Å². The van der Waals surface area contributed by atoms with E-state index in [4.69, 9.17) is 9.15 Å². The van der Waals surface area contributed by atoms with Crippen molar-refractivity contribution in [3.05, 3.63) is 52.4 Å². The highest BCUT2D eigenvalue weighted by Crippen LogP contribution is 2.28.